The second-order valence-electron chi connectivity index (χ2n) is 6.56. The van der Waals surface area contributed by atoms with Gasteiger partial charge in [-0.05, 0) is 25.1 Å². The largest absolute Gasteiger partial charge is 0.480 e. The average Bonchev–Trinajstić information content (AvgIpc) is 2.55. The highest BCUT2D eigenvalue weighted by molar-refractivity contribution is 6.31. The first-order chi connectivity index (χ1) is 11.9. The lowest BCUT2D eigenvalue weighted by Gasteiger charge is -2.36. The van der Waals surface area contributed by atoms with Crippen LogP contribution in [0, 0.1) is 5.92 Å². The van der Waals surface area contributed by atoms with E-state index in [1.54, 1.807) is 11.9 Å². The third kappa shape index (κ3) is 5.99. The molecule has 25 heavy (non-hydrogen) atoms. The Bertz CT molecular complexity index is 610. The van der Waals surface area contributed by atoms with Crippen molar-refractivity contribution in [1.29, 1.82) is 0 Å². The van der Waals surface area contributed by atoms with Crippen molar-refractivity contribution in [2.24, 2.45) is 5.92 Å². The van der Waals surface area contributed by atoms with Gasteiger partial charge in [0.05, 0.1) is 19.3 Å². The van der Waals surface area contributed by atoms with Gasteiger partial charge in [-0.2, -0.15) is 0 Å². The van der Waals surface area contributed by atoms with E-state index in [0.717, 1.165) is 5.56 Å². The van der Waals surface area contributed by atoms with Crippen LogP contribution in [0.4, 0.5) is 0 Å². The molecule has 0 radical (unpaired) electrons. The number of nitrogens with zero attached hydrogens (tertiary/aromatic N) is 2. The molecule has 2 unspecified atom stereocenters. The van der Waals surface area contributed by atoms with Crippen LogP contribution >= 0.6 is 11.6 Å². The average molecular weight is 369 g/mol. The molecule has 6 nitrogen and oxygen atoms in total. The molecule has 0 bridgehead atoms. The molecular formula is C18H25ClN2O4. The van der Waals surface area contributed by atoms with Gasteiger partial charge in [0.2, 0.25) is 5.91 Å². The summed E-state index contributed by atoms with van der Waals surface area (Å²) in [5.74, 6) is -0.968. The molecule has 1 heterocycles. The summed E-state index contributed by atoms with van der Waals surface area (Å²) in [6.45, 7) is 3.86. The van der Waals surface area contributed by atoms with E-state index in [1.165, 1.54) is 0 Å². The summed E-state index contributed by atoms with van der Waals surface area (Å²) < 4.78 is 5.68. The van der Waals surface area contributed by atoms with Gasteiger partial charge in [-0.1, -0.05) is 36.7 Å². The minimum absolute atomic E-state index is 0.0449. The Balaban J connectivity index is 1.90. The number of hydrogen-bond acceptors (Lipinski definition) is 4. The van der Waals surface area contributed by atoms with Crippen LogP contribution in [0.1, 0.15) is 12.5 Å². The number of likely N-dealkylation sites (N-methyl/N-ethyl adjacent to an activating group) is 1. The van der Waals surface area contributed by atoms with Crippen LogP contribution in [-0.2, 0) is 20.7 Å². The Morgan fingerprint density at radius 3 is 2.84 bits per heavy atom. The van der Waals surface area contributed by atoms with Crippen LogP contribution in [-0.4, -0.2) is 72.7 Å². The maximum Gasteiger partial charge on any atom is 0.317 e. The van der Waals surface area contributed by atoms with Crippen LogP contribution < -0.4 is 0 Å². The van der Waals surface area contributed by atoms with E-state index in [-0.39, 0.29) is 24.5 Å². The zero-order valence-electron chi connectivity index (χ0n) is 14.7. The summed E-state index contributed by atoms with van der Waals surface area (Å²) in [6.07, 6.45) is 0.425. The number of halogens is 1. The van der Waals surface area contributed by atoms with Gasteiger partial charge in [-0.25, -0.2) is 0 Å². The van der Waals surface area contributed by atoms with Gasteiger partial charge in [-0.15, -0.1) is 0 Å². The van der Waals surface area contributed by atoms with Crippen molar-refractivity contribution in [3.8, 4) is 0 Å². The van der Waals surface area contributed by atoms with Gasteiger partial charge < -0.3 is 14.7 Å². The minimum Gasteiger partial charge on any atom is -0.480 e. The van der Waals surface area contributed by atoms with E-state index in [1.807, 2.05) is 36.1 Å². The van der Waals surface area contributed by atoms with E-state index < -0.39 is 5.97 Å². The number of hydrogen-bond donors (Lipinski definition) is 1. The number of carboxylic acid groups (broad SMARTS) is 1. The van der Waals surface area contributed by atoms with Crippen LogP contribution in [0.2, 0.25) is 5.02 Å². The number of amides is 1. The van der Waals surface area contributed by atoms with Gasteiger partial charge in [0.1, 0.15) is 0 Å². The SMILES string of the molecule is CC(Cc1ccccc1Cl)C(=O)N1CCOC(CN(C)CC(=O)O)C1. The first-order valence-corrected chi connectivity index (χ1v) is 8.78. The molecule has 1 amide bonds. The minimum atomic E-state index is -0.875. The summed E-state index contributed by atoms with van der Waals surface area (Å²) in [4.78, 5) is 27.0. The molecule has 1 aliphatic rings. The molecule has 2 atom stereocenters. The van der Waals surface area contributed by atoms with Crippen LogP contribution in [0.15, 0.2) is 24.3 Å². The predicted octanol–water partition coefficient (Wildman–Crippen LogP) is 1.76. The van der Waals surface area contributed by atoms with Gasteiger partial charge >= 0.3 is 5.97 Å². The molecule has 1 fully saturated rings. The van der Waals surface area contributed by atoms with E-state index in [0.29, 0.717) is 37.7 Å². The number of carboxylic acids is 1. The fraction of sp³-hybridized carbons (Fsp3) is 0.556. The number of benzene rings is 1. The van der Waals surface area contributed by atoms with Crippen molar-refractivity contribution in [2.45, 2.75) is 19.4 Å². The molecule has 1 aliphatic heterocycles. The van der Waals surface area contributed by atoms with E-state index in [4.69, 9.17) is 21.4 Å². The topological polar surface area (TPSA) is 70.1 Å². The second-order valence-corrected chi connectivity index (χ2v) is 6.97. The smallest absolute Gasteiger partial charge is 0.317 e. The third-order valence-electron chi connectivity index (χ3n) is 4.28. The number of ether oxygens (including phenoxy) is 1. The molecule has 1 aromatic rings. The van der Waals surface area contributed by atoms with Crippen LogP contribution in [0.3, 0.4) is 0 Å². The highest BCUT2D eigenvalue weighted by Crippen LogP contribution is 2.20. The lowest BCUT2D eigenvalue weighted by Crippen LogP contribution is -2.51. The second kappa shape index (κ2) is 9.17. The molecule has 7 heteroatoms. The first kappa shape index (κ1) is 19.7. The van der Waals surface area contributed by atoms with Crippen molar-refractivity contribution < 1.29 is 19.4 Å². The highest BCUT2D eigenvalue weighted by atomic mass is 35.5. The molecule has 0 aliphatic carbocycles. The Morgan fingerprint density at radius 2 is 2.16 bits per heavy atom. The zero-order valence-corrected chi connectivity index (χ0v) is 15.4. The number of carbonyl (C=O) groups excluding carboxylic acids is 1. The molecule has 1 saturated heterocycles. The number of rotatable bonds is 7. The summed E-state index contributed by atoms with van der Waals surface area (Å²) in [5, 5.41) is 9.51. The van der Waals surface area contributed by atoms with E-state index in [2.05, 4.69) is 0 Å². The summed E-state index contributed by atoms with van der Waals surface area (Å²) >= 11 is 6.18. The van der Waals surface area contributed by atoms with E-state index in [9.17, 15) is 9.59 Å². The molecule has 138 valence electrons. The highest BCUT2D eigenvalue weighted by Gasteiger charge is 2.28. The monoisotopic (exact) mass is 368 g/mol. The van der Waals surface area contributed by atoms with E-state index >= 15 is 0 Å². The Labute approximate surface area is 153 Å². The van der Waals surface area contributed by atoms with Crippen molar-refractivity contribution >= 4 is 23.5 Å². The van der Waals surface area contributed by atoms with Crippen molar-refractivity contribution in [1.82, 2.24) is 9.80 Å². The molecule has 1 N–H and O–H groups in total. The molecule has 1 aromatic carbocycles. The number of aliphatic carboxylic acids is 1. The third-order valence-corrected chi connectivity index (χ3v) is 4.65. The first-order valence-electron chi connectivity index (χ1n) is 8.41. The van der Waals surface area contributed by atoms with Gasteiger partial charge in [-0.3, -0.25) is 14.5 Å². The van der Waals surface area contributed by atoms with Crippen LogP contribution in [0.25, 0.3) is 0 Å². The Morgan fingerprint density at radius 1 is 1.44 bits per heavy atom. The number of morpholine rings is 1. The van der Waals surface area contributed by atoms with Crippen molar-refractivity contribution in [3.63, 3.8) is 0 Å². The van der Waals surface area contributed by atoms with Crippen molar-refractivity contribution in [2.75, 3.05) is 39.8 Å². The summed E-state index contributed by atoms with van der Waals surface area (Å²) in [7, 11) is 1.73. The quantitative estimate of drug-likeness (QED) is 0.794. The molecule has 2 rings (SSSR count). The van der Waals surface area contributed by atoms with Crippen LogP contribution in [0.5, 0.6) is 0 Å². The van der Waals surface area contributed by atoms with Gasteiger partial charge in [0.25, 0.3) is 0 Å². The maximum atomic E-state index is 12.7. The normalized spacial score (nSPS) is 19.0. The Kier molecular flexibility index (Phi) is 7.23. The van der Waals surface area contributed by atoms with Gasteiger partial charge in [0.15, 0.2) is 0 Å². The molecule has 0 spiro atoms. The molecule has 0 saturated carbocycles. The Hall–Kier alpha value is -1.63. The fourth-order valence-electron chi connectivity index (χ4n) is 3.07. The lowest BCUT2D eigenvalue weighted by molar-refractivity contribution is -0.144. The number of carbonyl (C=O) groups is 2. The van der Waals surface area contributed by atoms with Crippen molar-refractivity contribution in [3.05, 3.63) is 34.9 Å². The molecule has 0 aromatic heterocycles. The van der Waals surface area contributed by atoms with Gasteiger partial charge in [0, 0.05) is 30.6 Å². The molecular weight excluding hydrogens is 344 g/mol. The maximum absolute atomic E-state index is 12.7. The predicted molar refractivity (Wildman–Crippen MR) is 95.8 cm³/mol. The summed E-state index contributed by atoms with van der Waals surface area (Å²) in [6, 6.07) is 7.56. The fourth-order valence-corrected chi connectivity index (χ4v) is 3.28. The summed E-state index contributed by atoms with van der Waals surface area (Å²) in [5.41, 5.74) is 0.969. The zero-order chi connectivity index (χ0) is 18.4. The lowest BCUT2D eigenvalue weighted by atomic mass is 9.99. The standard InChI is InChI=1S/C18H25ClN2O4/c1-13(9-14-5-3-4-6-16(14)19)18(24)21-7-8-25-15(11-21)10-20(2)12-17(22)23/h3-6,13,15H,7-12H2,1-2H3,(H,22,23).